The number of carbonyl (C=O) groups excluding carboxylic acids is 2. The molecule has 0 saturated carbocycles. The molecule has 246 valence electrons. The second-order valence-corrected chi connectivity index (χ2v) is 10.9. The van der Waals surface area contributed by atoms with E-state index in [9.17, 15) is 14.2 Å². The maximum atomic E-state index is 12.2. The fourth-order valence-corrected chi connectivity index (χ4v) is 3.76. The fourth-order valence-electron chi connectivity index (χ4n) is 3.40. The van der Waals surface area contributed by atoms with Crippen molar-refractivity contribution in [1.82, 2.24) is 0 Å². The number of rotatable bonds is 26. The van der Waals surface area contributed by atoms with E-state index < -0.39 is 32.5 Å². The van der Waals surface area contributed by atoms with Gasteiger partial charge in [-0.25, -0.2) is 4.57 Å². The molecule has 1 atom stereocenters. The van der Waals surface area contributed by atoms with Gasteiger partial charge in [-0.1, -0.05) is 111 Å². The van der Waals surface area contributed by atoms with Crippen LogP contribution in [0.25, 0.3) is 0 Å². The minimum Gasteiger partial charge on any atom is -0.462 e. The van der Waals surface area contributed by atoms with Crippen LogP contribution in [-0.2, 0) is 28.2 Å². The zero-order chi connectivity index (χ0) is 32.6. The molecule has 0 radical (unpaired) electrons. The third-order valence-corrected chi connectivity index (χ3v) is 6.11. The van der Waals surface area contributed by atoms with E-state index >= 15 is 0 Å². The number of phosphoric acid groups is 1. The Hall–Kier alpha value is -3.03. The molecular weight excluding hydrogens is 579 g/mol. The molecule has 2 N–H and O–H groups in total. The van der Waals surface area contributed by atoms with E-state index in [1.54, 1.807) is 0 Å². The normalized spacial score (nSPS) is 13.8. The van der Waals surface area contributed by atoms with Gasteiger partial charge in [-0.3, -0.25) is 14.1 Å². The van der Waals surface area contributed by atoms with Gasteiger partial charge in [0.2, 0.25) is 0 Å². The molecule has 8 nitrogen and oxygen atoms in total. The van der Waals surface area contributed by atoms with Crippen LogP contribution in [0.5, 0.6) is 0 Å². The van der Waals surface area contributed by atoms with Gasteiger partial charge in [-0.05, 0) is 64.2 Å². The lowest BCUT2D eigenvalue weighted by Gasteiger charge is -2.18. The van der Waals surface area contributed by atoms with Gasteiger partial charge in [-0.15, -0.1) is 0 Å². The highest BCUT2D eigenvalue weighted by molar-refractivity contribution is 7.46. The van der Waals surface area contributed by atoms with Gasteiger partial charge in [0.05, 0.1) is 6.61 Å². The fraction of sp³-hybridized carbons (Fsp3) is 0.486. The van der Waals surface area contributed by atoms with E-state index in [1.165, 1.54) is 0 Å². The molecule has 0 heterocycles. The van der Waals surface area contributed by atoms with Crippen molar-refractivity contribution in [3.63, 3.8) is 0 Å². The van der Waals surface area contributed by atoms with Crippen molar-refractivity contribution in [1.29, 1.82) is 0 Å². The van der Waals surface area contributed by atoms with Gasteiger partial charge in [0.15, 0.2) is 6.10 Å². The molecule has 0 spiro atoms. The summed E-state index contributed by atoms with van der Waals surface area (Å²) in [7, 11) is -4.78. The molecule has 44 heavy (non-hydrogen) atoms. The number of phosphoric ester groups is 1. The summed E-state index contributed by atoms with van der Waals surface area (Å²) in [5, 5.41) is 0. The summed E-state index contributed by atoms with van der Waals surface area (Å²) in [6, 6.07) is 0. The van der Waals surface area contributed by atoms with Crippen molar-refractivity contribution < 1.29 is 37.9 Å². The van der Waals surface area contributed by atoms with Crippen molar-refractivity contribution in [3.05, 3.63) is 97.2 Å². The minimum absolute atomic E-state index is 0.0699. The van der Waals surface area contributed by atoms with Crippen LogP contribution in [0.15, 0.2) is 97.2 Å². The topological polar surface area (TPSA) is 119 Å². The number of allylic oxidation sites excluding steroid dienone is 16. The van der Waals surface area contributed by atoms with Crippen molar-refractivity contribution in [2.24, 2.45) is 0 Å². The Morgan fingerprint density at radius 1 is 0.568 bits per heavy atom. The van der Waals surface area contributed by atoms with Gasteiger partial charge in [0.25, 0.3) is 0 Å². The summed E-state index contributed by atoms with van der Waals surface area (Å²) >= 11 is 0. The Bertz CT molecular complexity index is 1030. The average molecular weight is 633 g/mol. The molecule has 9 heteroatoms. The van der Waals surface area contributed by atoms with E-state index in [-0.39, 0.29) is 19.4 Å². The van der Waals surface area contributed by atoms with Crippen LogP contribution in [-0.4, -0.2) is 41.0 Å². The lowest BCUT2D eigenvalue weighted by molar-refractivity contribution is -0.161. The van der Waals surface area contributed by atoms with Gasteiger partial charge in [0, 0.05) is 12.8 Å². The molecule has 0 saturated heterocycles. The number of hydrogen-bond acceptors (Lipinski definition) is 6. The lowest BCUT2D eigenvalue weighted by atomic mass is 10.2. The Kier molecular flexibility index (Phi) is 27.9. The molecule has 0 aliphatic carbocycles. The van der Waals surface area contributed by atoms with E-state index in [1.807, 2.05) is 30.4 Å². The molecule has 0 aromatic carbocycles. The highest BCUT2D eigenvalue weighted by atomic mass is 31.2. The zero-order valence-corrected chi connectivity index (χ0v) is 27.4. The molecular formula is C35H53O8P. The maximum Gasteiger partial charge on any atom is 0.469 e. The predicted molar refractivity (Wildman–Crippen MR) is 179 cm³/mol. The monoisotopic (exact) mass is 632 g/mol. The third kappa shape index (κ3) is 31.9. The predicted octanol–water partition coefficient (Wildman–Crippen LogP) is 8.72. The largest absolute Gasteiger partial charge is 0.469 e. The Morgan fingerprint density at radius 2 is 0.932 bits per heavy atom. The molecule has 0 aliphatic heterocycles. The second kappa shape index (κ2) is 30.0. The first-order chi connectivity index (χ1) is 21.3. The molecule has 0 aromatic rings. The molecule has 1 unspecified atom stereocenters. The highest BCUT2D eigenvalue weighted by Crippen LogP contribution is 2.35. The Morgan fingerprint density at radius 3 is 1.32 bits per heavy atom. The molecule has 0 aromatic heterocycles. The van der Waals surface area contributed by atoms with Gasteiger partial charge < -0.3 is 19.3 Å². The lowest BCUT2D eigenvalue weighted by Crippen LogP contribution is -2.29. The van der Waals surface area contributed by atoms with Crippen LogP contribution < -0.4 is 0 Å². The highest BCUT2D eigenvalue weighted by Gasteiger charge is 2.22. The number of carbonyl (C=O) groups is 2. The zero-order valence-electron chi connectivity index (χ0n) is 26.5. The summed E-state index contributed by atoms with van der Waals surface area (Å²) in [5.41, 5.74) is 0. The van der Waals surface area contributed by atoms with Crippen molar-refractivity contribution in [3.8, 4) is 0 Å². The average Bonchev–Trinajstić information content (AvgIpc) is 2.98. The summed E-state index contributed by atoms with van der Waals surface area (Å²) in [4.78, 5) is 42.4. The van der Waals surface area contributed by atoms with Crippen molar-refractivity contribution in [2.45, 2.75) is 97.0 Å². The van der Waals surface area contributed by atoms with Gasteiger partial charge in [-0.2, -0.15) is 0 Å². The third-order valence-electron chi connectivity index (χ3n) is 5.62. The molecule has 0 aliphatic rings. The first-order valence-electron chi connectivity index (χ1n) is 15.5. The Labute approximate surface area is 264 Å². The maximum absolute atomic E-state index is 12.2. The smallest absolute Gasteiger partial charge is 0.462 e. The van der Waals surface area contributed by atoms with Crippen LogP contribution in [0, 0.1) is 0 Å². The summed E-state index contributed by atoms with van der Waals surface area (Å²) in [6.45, 7) is 3.27. The quantitative estimate of drug-likeness (QED) is 0.0552. The molecule has 0 rings (SSSR count). The molecule has 0 bridgehead atoms. The first kappa shape index (κ1) is 41.0. The summed E-state index contributed by atoms with van der Waals surface area (Å²) in [5.74, 6) is -1.09. The van der Waals surface area contributed by atoms with Crippen LogP contribution in [0.2, 0.25) is 0 Å². The number of esters is 2. The van der Waals surface area contributed by atoms with Crippen LogP contribution >= 0.6 is 7.82 Å². The van der Waals surface area contributed by atoms with Gasteiger partial charge >= 0.3 is 19.8 Å². The van der Waals surface area contributed by atoms with Crippen LogP contribution in [0.1, 0.15) is 90.9 Å². The minimum atomic E-state index is -4.78. The SMILES string of the molecule is CC/C=C\C/C=C\C/C=C\C/C=C\CCC(=O)OCC(COP(=O)(O)O)OC(=O)CC/C=C\C/C=C\C/C=C\C/C=C\CC. The van der Waals surface area contributed by atoms with Crippen molar-refractivity contribution in [2.75, 3.05) is 13.2 Å². The van der Waals surface area contributed by atoms with Crippen LogP contribution in [0.3, 0.4) is 0 Å². The molecule has 0 amide bonds. The van der Waals surface area contributed by atoms with Gasteiger partial charge in [0.1, 0.15) is 6.61 Å². The number of ether oxygens (including phenoxy) is 2. The summed E-state index contributed by atoms with van der Waals surface area (Å²) in [6.07, 6.45) is 40.2. The van der Waals surface area contributed by atoms with Crippen molar-refractivity contribution >= 4 is 19.8 Å². The molecule has 0 fully saturated rings. The van der Waals surface area contributed by atoms with E-state index in [2.05, 4.69) is 85.2 Å². The standard InChI is InChI=1S/C35H53O8P/c1-3-5-7-9-11-13-15-17-19-21-23-25-27-29-34(36)41-31-33(32-42-44(38,39)40)43-35(37)30-28-26-24-22-20-18-16-14-12-10-8-6-4-2/h5-8,11-14,17-20,23-26,33H,3-4,9-10,15-16,21-22,27-32H2,1-2H3,(H2,38,39,40)/b7-5-,8-6-,13-11-,14-12-,19-17-,20-18-,25-23-,26-24-. The number of hydrogen-bond donors (Lipinski definition) is 2. The van der Waals surface area contributed by atoms with E-state index in [4.69, 9.17) is 19.3 Å². The van der Waals surface area contributed by atoms with E-state index in [0.29, 0.717) is 12.8 Å². The Balaban J connectivity index is 4.32. The van der Waals surface area contributed by atoms with Crippen LogP contribution in [0.4, 0.5) is 0 Å². The summed E-state index contributed by atoms with van der Waals surface area (Å²) < 4.78 is 26.0. The first-order valence-corrected chi connectivity index (χ1v) is 17.1. The second-order valence-electron chi connectivity index (χ2n) is 9.66. The van der Waals surface area contributed by atoms with E-state index in [0.717, 1.165) is 51.4 Å².